The molecule has 0 aliphatic carbocycles. The van der Waals surface area contributed by atoms with Crippen molar-refractivity contribution in [2.75, 3.05) is 18.4 Å². The Morgan fingerprint density at radius 1 is 1.19 bits per heavy atom. The number of aryl methyl sites for hydroxylation is 1. The smallest absolute Gasteiger partial charge is 0.277 e. The number of nitrogens with one attached hydrogen (secondary N) is 3. The van der Waals surface area contributed by atoms with Crippen LogP contribution in [0, 0.1) is 6.92 Å². The molecule has 0 radical (unpaired) electrons. The number of aromatic nitrogens is 1. The fourth-order valence-corrected chi connectivity index (χ4v) is 4.44. The first-order valence-corrected chi connectivity index (χ1v) is 11.0. The largest absolute Gasteiger partial charge is 0.361 e. The molecule has 2 rings (SSSR count). The second-order valence-electron chi connectivity index (χ2n) is 7.20. The Balaban J connectivity index is 1.80. The highest BCUT2D eigenvalue weighted by atomic mass is 32.2. The Kier molecular flexibility index (Phi) is 7.10. The number of thiazole rings is 1. The molecule has 0 aliphatic heterocycles. The molecule has 0 saturated carbocycles. The van der Waals surface area contributed by atoms with Gasteiger partial charge in [-0.15, -0.1) is 0 Å². The van der Waals surface area contributed by atoms with Crippen LogP contribution < -0.4 is 14.8 Å². The van der Waals surface area contributed by atoms with Crippen molar-refractivity contribution in [3.8, 4) is 0 Å². The van der Waals surface area contributed by atoms with Crippen LogP contribution >= 0.6 is 11.3 Å². The Morgan fingerprint density at radius 3 is 2.56 bits per heavy atom. The fourth-order valence-electron chi connectivity index (χ4n) is 2.35. The minimum absolute atomic E-state index is 0.0420. The summed E-state index contributed by atoms with van der Waals surface area (Å²) >= 11 is 1.29. The Hall–Kier alpha value is -1.81. The number of carbonyl (C=O) groups excluding carboxylic acids is 1. The van der Waals surface area contributed by atoms with E-state index >= 15 is 0 Å². The Morgan fingerprint density at radius 2 is 1.89 bits per heavy atom. The molecule has 3 N–H and O–H groups in total. The summed E-state index contributed by atoms with van der Waals surface area (Å²) in [6.07, 6.45) is 2.16. The summed E-state index contributed by atoms with van der Waals surface area (Å²) in [7, 11) is -3.51. The van der Waals surface area contributed by atoms with E-state index in [0.29, 0.717) is 35.1 Å². The van der Waals surface area contributed by atoms with Gasteiger partial charge in [0.25, 0.3) is 10.2 Å². The van der Waals surface area contributed by atoms with Crippen LogP contribution in [0.4, 0.5) is 5.13 Å². The van der Waals surface area contributed by atoms with Gasteiger partial charge in [0.05, 0.1) is 11.1 Å². The number of carbonyl (C=O) groups is 1. The van der Waals surface area contributed by atoms with Gasteiger partial charge in [-0.2, -0.15) is 13.1 Å². The van der Waals surface area contributed by atoms with E-state index in [4.69, 9.17) is 0 Å². The van der Waals surface area contributed by atoms with Crippen LogP contribution in [0.5, 0.6) is 0 Å². The first kappa shape index (κ1) is 21.5. The molecule has 0 spiro atoms. The fraction of sp³-hybridized carbons (Fsp3) is 0.444. The zero-order chi connectivity index (χ0) is 20.1. The highest BCUT2D eigenvalue weighted by molar-refractivity contribution is 7.87. The quantitative estimate of drug-likeness (QED) is 0.436. The van der Waals surface area contributed by atoms with Gasteiger partial charge in [-0.3, -0.25) is 4.79 Å². The molecule has 148 valence electrons. The molecule has 0 saturated heterocycles. The van der Waals surface area contributed by atoms with Gasteiger partial charge in [-0.05, 0) is 39.7 Å². The van der Waals surface area contributed by atoms with Crippen molar-refractivity contribution < 1.29 is 13.2 Å². The SMILES string of the molecule is Cc1ccccc1C(=O)c1cnc(NCCCNS(=O)(=O)NC(C)(C)C)s1. The highest BCUT2D eigenvalue weighted by Crippen LogP contribution is 2.22. The van der Waals surface area contributed by atoms with E-state index in [2.05, 4.69) is 19.7 Å². The van der Waals surface area contributed by atoms with Gasteiger partial charge < -0.3 is 5.32 Å². The van der Waals surface area contributed by atoms with E-state index < -0.39 is 15.7 Å². The molecule has 1 aromatic heterocycles. The molecule has 0 aliphatic rings. The van der Waals surface area contributed by atoms with Crippen LogP contribution in [0.25, 0.3) is 0 Å². The van der Waals surface area contributed by atoms with Crippen molar-refractivity contribution in [3.05, 3.63) is 46.5 Å². The zero-order valence-corrected chi connectivity index (χ0v) is 17.6. The van der Waals surface area contributed by atoms with Crippen molar-refractivity contribution in [1.82, 2.24) is 14.4 Å². The molecular formula is C18H26N4O3S2. The second-order valence-corrected chi connectivity index (χ2v) is 9.73. The summed E-state index contributed by atoms with van der Waals surface area (Å²) in [6, 6.07) is 7.46. The second kappa shape index (κ2) is 8.92. The van der Waals surface area contributed by atoms with Crippen LogP contribution in [0.3, 0.4) is 0 Å². The summed E-state index contributed by atoms with van der Waals surface area (Å²) in [4.78, 5) is 17.3. The molecule has 1 heterocycles. The molecule has 0 atom stereocenters. The monoisotopic (exact) mass is 410 g/mol. The van der Waals surface area contributed by atoms with E-state index in [-0.39, 0.29) is 5.78 Å². The summed E-state index contributed by atoms with van der Waals surface area (Å²) in [5.41, 5.74) is 1.08. The van der Waals surface area contributed by atoms with Crippen LogP contribution in [-0.4, -0.2) is 37.8 Å². The van der Waals surface area contributed by atoms with Crippen molar-refractivity contribution in [2.45, 2.75) is 39.7 Å². The number of anilines is 1. The van der Waals surface area contributed by atoms with Gasteiger partial charge in [0, 0.05) is 24.2 Å². The lowest BCUT2D eigenvalue weighted by Crippen LogP contribution is -2.47. The molecule has 9 heteroatoms. The number of rotatable bonds is 9. The van der Waals surface area contributed by atoms with Crippen molar-refractivity contribution in [1.29, 1.82) is 0 Å². The average molecular weight is 411 g/mol. The van der Waals surface area contributed by atoms with Crippen LogP contribution in [0.1, 0.15) is 48.0 Å². The molecule has 0 unspecified atom stereocenters. The van der Waals surface area contributed by atoms with E-state index in [1.54, 1.807) is 27.0 Å². The van der Waals surface area contributed by atoms with Gasteiger partial charge in [0.2, 0.25) is 5.78 Å². The first-order valence-electron chi connectivity index (χ1n) is 8.66. The minimum atomic E-state index is -3.51. The van der Waals surface area contributed by atoms with Crippen molar-refractivity contribution in [2.24, 2.45) is 0 Å². The summed E-state index contributed by atoms with van der Waals surface area (Å²) < 4.78 is 28.7. The van der Waals surface area contributed by atoms with E-state index in [9.17, 15) is 13.2 Å². The maximum Gasteiger partial charge on any atom is 0.277 e. The van der Waals surface area contributed by atoms with Gasteiger partial charge in [0.15, 0.2) is 5.13 Å². The van der Waals surface area contributed by atoms with Gasteiger partial charge >= 0.3 is 0 Å². The minimum Gasteiger partial charge on any atom is -0.361 e. The normalized spacial score (nSPS) is 12.1. The van der Waals surface area contributed by atoms with Gasteiger partial charge in [-0.1, -0.05) is 35.6 Å². The Labute approximate surface area is 164 Å². The number of nitrogens with zero attached hydrogens (tertiary/aromatic N) is 1. The molecule has 0 bridgehead atoms. The summed E-state index contributed by atoms with van der Waals surface area (Å²) in [6.45, 7) is 8.11. The number of hydrogen-bond acceptors (Lipinski definition) is 6. The lowest BCUT2D eigenvalue weighted by molar-refractivity contribution is 0.104. The molecule has 0 fully saturated rings. The predicted octanol–water partition coefficient (Wildman–Crippen LogP) is 2.71. The Bertz CT molecular complexity index is 886. The van der Waals surface area contributed by atoms with Gasteiger partial charge in [-0.25, -0.2) is 9.71 Å². The zero-order valence-electron chi connectivity index (χ0n) is 16.0. The standard InChI is InChI=1S/C18H26N4O3S2/c1-13-8-5-6-9-14(13)16(23)15-12-20-17(26-15)19-10-7-11-21-27(24,25)22-18(2,3)4/h5-6,8-9,12,21-22H,7,10-11H2,1-4H3,(H,19,20). The van der Waals surface area contributed by atoms with Crippen molar-refractivity contribution in [3.63, 3.8) is 0 Å². The summed E-state index contributed by atoms with van der Waals surface area (Å²) in [5, 5.41) is 3.76. The summed E-state index contributed by atoms with van der Waals surface area (Å²) in [5.74, 6) is -0.0420. The lowest BCUT2D eigenvalue weighted by Gasteiger charge is -2.20. The molecular weight excluding hydrogens is 384 g/mol. The molecule has 0 amide bonds. The molecule has 27 heavy (non-hydrogen) atoms. The third kappa shape index (κ3) is 7.02. The first-order chi connectivity index (χ1) is 12.6. The molecule has 7 nitrogen and oxygen atoms in total. The van der Waals surface area contributed by atoms with Crippen LogP contribution in [-0.2, 0) is 10.2 Å². The molecule has 1 aromatic carbocycles. The van der Waals surface area contributed by atoms with Gasteiger partial charge in [0.1, 0.15) is 0 Å². The van der Waals surface area contributed by atoms with E-state index in [1.165, 1.54) is 11.3 Å². The number of ketones is 1. The number of hydrogen-bond donors (Lipinski definition) is 3. The van der Waals surface area contributed by atoms with Crippen LogP contribution in [0.2, 0.25) is 0 Å². The lowest BCUT2D eigenvalue weighted by atomic mass is 10.0. The maximum absolute atomic E-state index is 12.5. The van der Waals surface area contributed by atoms with Crippen molar-refractivity contribution >= 4 is 32.5 Å². The average Bonchev–Trinajstić information content (AvgIpc) is 3.01. The topological polar surface area (TPSA) is 100 Å². The maximum atomic E-state index is 12.5. The van der Waals surface area contributed by atoms with Crippen LogP contribution in [0.15, 0.2) is 30.5 Å². The third-order valence-corrected chi connectivity index (χ3v) is 5.90. The molecule has 2 aromatic rings. The predicted molar refractivity (Wildman–Crippen MR) is 110 cm³/mol. The van der Waals surface area contributed by atoms with E-state index in [0.717, 1.165) is 5.56 Å². The third-order valence-electron chi connectivity index (χ3n) is 3.48. The van der Waals surface area contributed by atoms with E-state index in [1.807, 2.05) is 31.2 Å². The number of benzene rings is 1. The highest BCUT2D eigenvalue weighted by Gasteiger charge is 2.19.